The fourth-order valence-electron chi connectivity index (χ4n) is 2.25. The van der Waals surface area contributed by atoms with Crippen LogP contribution in [0.5, 0.6) is 0 Å². The fourth-order valence-corrected chi connectivity index (χ4v) is 2.25. The third-order valence-corrected chi connectivity index (χ3v) is 3.51. The quantitative estimate of drug-likeness (QED) is 0.887. The van der Waals surface area contributed by atoms with Crippen molar-refractivity contribution in [3.8, 4) is 0 Å². The highest BCUT2D eigenvalue weighted by atomic mass is 16.4. The molecule has 2 N–H and O–H groups in total. The van der Waals surface area contributed by atoms with Crippen LogP contribution in [0.2, 0.25) is 0 Å². The van der Waals surface area contributed by atoms with Crippen molar-refractivity contribution in [2.24, 2.45) is 0 Å². The topological polar surface area (TPSA) is 75.1 Å². The molecule has 0 fully saturated rings. The van der Waals surface area contributed by atoms with Gasteiger partial charge in [0, 0.05) is 29.9 Å². The molecule has 1 unspecified atom stereocenters. The van der Waals surface area contributed by atoms with Gasteiger partial charge < -0.3 is 5.11 Å². The second kappa shape index (κ2) is 6.87. The minimum absolute atomic E-state index is 0.100. The summed E-state index contributed by atoms with van der Waals surface area (Å²) in [7, 11) is 0. The van der Waals surface area contributed by atoms with E-state index >= 15 is 0 Å². The van der Waals surface area contributed by atoms with Crippen molar-refractivity contribution in [2.45, 2.75) is 45.7 Å². The largest absolute Gasteiger partial charge is 0.480 e. The molecule has 2 rings (SSSR count). The van der Waals surface area contributed by atoms with Gasteiger partial charge >= 0.3 is 5.97 Å². The molecule has 0 spiro atoms. The van der Waals surface area contributed by atoms with Gasteiger partial charge in [0.1, 0.15) is 11.9 Å². The third-order valence-electron chi connectivity index (χ3n) is 3.51. The molecule has 0 aliphatic rings. The summed E-state index contributed by atoms with van der Waals surface area (Å²) in [5.41, 5.74) is 2.53. The predicted molar refractivity (Wildman–Crippen MR) is 89.1 cm³/mol. The Morgan fingerprint density at radius 2 is 1.91 bits per heavy atom. The molecule has 0 saturated heterocycles. The first-order valence-corrected chi connectivity index (χ1v) is 7.61. The average molecular weight is 313 g/mol. The summed E-state index contributed by atoms with van der Waals surface area (Å²) >= 11 is 0. The minimum atomic E-state index is -0.900. The lowest BCUT2D eigenvalue weighted by Gasteiger charge is -2.17. The van der Waals surface area contributed by atoms with Crippen LogP contribution in [0.15, 0.2) is 36.7 Å². The summed E-state index contributed by atoms with van der Waals surface area (Å²) in [4.78, 5) is 20.2. The van der Waals surface area contributed by atoms with Crippen molar-refractivity contribution in [3.63, 3.8) is 0 Å². The molecule has 23 heavy (non-hydrogen) atoms. The van der Waals surface area contributed by atoms with Gasteiger partial charge in [-0.2, -0.15) is 0 Å². The smallest absolute Gasteiger partial charge is 0.325 e. The van der Waals surface area contributed by atoms with E-state index in [1.165, 1.54) is 0 Å². The monoisotopic (exact) mass is 313 g/mol. The second-order valence-electron chi connectivity index (χ2n) is 6.73. The summed E-state index contributed by atoms with van der Waals surface area (Å²) in [5.74, 6) is -0.127. The van der Waals surface area contributed by atoms with E-state index in [4.69, 9.17) is 0 Å². The lowest BCUT2D eigenvalue weighted by atomic mass is 9.96. The Morgan fingerprint density at radius 3 is 2.43 bits per heavy atom. The zero-order chi connectivity index (χ0) is 17.0. The van der Waals surface area contributed by atoms with Crippen LogP contribution in [-0.4, -0.2) is 21.0 Å². The molecule has 0 bridgehead atoms. The van der Waals surface area contributed by atoms with Gasteiger partial charge in [0.25, 0.3) is 0 Å². The number of nitrogens with zero attached hydrogens (tertiary/aromatic N) is 2. The van der Waals surface area contributed by atoms with E-state index in [0.717, 1.165) is 22.5 Å². The van der Waals surface area contributed by atoms with Gasteiger partial charge in [-0.05, 0) is 12.5 Å². The highest BCUT2D eigenvalue weighted by molar-refractivity contribution is 5.75. The molecule has 1 aromatic carbocycles. The Hall–Kier alpha value is -2.27. The summed E-state index contributed by atoms with van der Waals surface area (Å²) < 4.78 is 0. The zero-order valence-electron chi connectivity index (χ0n) is 14.0. The molecule has 0 amide bonds. The number of hydrogen-bond acceptors (Lipinski definition) is 4. The van der Waals surface area contributed by atoms with Gasteiger partial charge in [-0.25, -0.2) is 9.97 Å². The van der Waals surface area contributed by atoms with Crippen LogP contribution in [0.4, 0.5) is 0 Å². The second-order valence-corrected chi connectivity index (χ2v) is 6.73. The van der Waals surface area contributed by atoms with Crippen molar-refractivity contribution in [1.29, 1.82) is 0 Å². The Kier molecular flexibility index (Phi) is 5.11. The minimum Gasteiger partial charge on any atom is -0.480 e. The number of aryl methyl sites for hydroxylation is 1. The van der Waals surface area contributed by atoms with Crippen LogP contribution >= 0.6 is 0 Å². The van der Waals surface area contributed by atoms with Crippen molar-refractivity contribution in [3.05, 3.63) is 59.2 Å². The van der Waals surface area contributed by atoms with Crippen LogP contribution in [0, 0.1) is 6.92 Å². The van der Waals surface area contributed by atoms with E-state index in [2.05, 4.69) is 36.1 Å². The SMILES string of the molecule is Cc1cccc(C(NCc2cnc(C(C)(C)C)nc2)C(=O)O)c1. The lowest BCUT2D eigenvalue weighted by molar-refractivity contribution is -0.139. The van der Waals surface area contributed by atoms with Crippen molar-refractivity contribution in [2.75, 3.05) is 0 Å². The molecule has 5 nitrogen and oxygen atoms in total. The zero-order valence-corrected chi connectivity index (χ0v) is 14.0. The van der Waals surface area contributed by atoms with Gasteiger partial charge in [0.05, 0.1) is 0 Å². The van der Waals surface area contributed by atoms with Crippen molar-refractivity contribution in [1.82, 2.24) is 15.3 Å². The number of carboxylic acids is 1. The van der Waals surface area contributed by atoms with Gasteiger partial charge in [-0.1, -0.05) is 50.6 Å². The van der Waals surface area contributed by atoms with E-state index in [-0.39, 0.29) is 5.41 Å². The molecule has 1 heterocycles. The van der Waals surface area contributed by atoms with Crippen LogP contribution in [0.25, 0.3) is 0 Å². The van der Waals surface area contributed by atoms with Gasteiger partial charge in [-0.3, -0.25) is 10.1 Å². The standard InChI is InChI=1S/C18H23N3O2/c1-12-6-5-7-14(8-12)15(16(22)23)19-9-13-10-20-17(21-11-13)18(2,3)4/h5-8,10-11,15,19H,9H2,1-4H3,(H,22,23). The number of aromatic nitrogens is 2. The van der Waals surface area contributed by atoms with E-state index < -0.39 is 12.0 Å². The molecular formula is C18H23N3O2. The molecule has 0 aliphatic heterocycles. The van der Waals surface area contributed by atoms with Crippen LogP contribution in [0.3, 0.4) is 0 Å². The molecule has 122 valence electrons. The maximum atomic E-state index is 11.5. The highest BCUT2D eigenvalue weighted by Gasteiger charge is 2.20. The Labute approximate surface area is 136 Å². The first kappa shape index (κ1) is 17.1. The highest BCUT2D eigenvalue weighted by Crippen LogP contribution is 2.18. The van der Waals surface area contributed by atoms with Gasteiger partial charge in [0.2, 0.25) is 0 Å². The first-order valence-electron chi connectivity index (χ1n) is 7.61. The fraction of sp³-hybridized carbons (Fsp3) is 0.389. The molecular weight excluding hydrogens is 290 g/mol. The number of carboxylic acid groups (broad SMARTS) is 1. The number of carbonyl (C=O) groups is 1. The molecule has 2 aromatic rings. The maximum absolute atomic E-state index is 11.5. The van der Waals surface area contributed by atoms with E-state index in [9.17, 15) is 9.90 Å². The number of hydrogen-bond donors (Lipinski definition) is 2. The normalized spacial score (nSPS) is 12.9. The summed E-state index contributed by atoms with van der Waals surface area (Å²) in [6.07, 6.45) is 3.49. The van der Waals surface area contributed by atoms with Crippen molar-refractivity contribution < 1.29 is 9.90 Å². The van der Waals surface area contributed by atoms with E-state index in [1.54, 1.807) is 12.4 Å². The molecule has 0 saturated carbocycles. The molecule has 5 heteroatoms. The number of benzene rings is 1. The van der Waals surface area contributed by atoms with Gasteiger partial charge in [0.15, 0.2) is 0 Å². The van der Waals surface area contributed by atoms with Gasteiger partial charge in [-0.15, -0.1) is 0 Å². The summed E-state index contributed by atoms with van der Waals surface area (Å²) in [5, 5.41) is 12.5. The van der Waals surface area contributed by atoms with Crippen LogP contribution < -0.4 is 5.32 Å². The predicted octanol–water partition coefficient (Wildman–Crippen LogP) is 3.00. The molecule has 0 aliphatic carbocycles. The first-order chi connectivity index (χ1) is 10.8. The summed E-state index contributed by atoms with van der Waals surface area (Å²) in [6, 6.07) is 6.76. The number of rotatable bonds is 5. The molecule has 0 radical (unpaired) electrons. The number of nitrogens with one attached hydrogen (secondary N) is 1. The third kappa shape index (κ3) is 4.60. The number of aliphatic carboxylic acids is 1. The average Bonchev–Trinajstić information content (AvgIpc) is 2.47. The van der Waals surface area contributed by atoms with Crippen LogP contribution in [-0.2, 0) is 16.8 Å². The Bertz CT molecular complexity index is 675. The lowest BCUT2D eigenvalue weighted by Crippen LogP contribution is -2.28. The molecule has 1 aromatic heterocycles. The van der Waals surface area contributed by atoms with E-state index in [0.29, 0.717) is 6.54 Å². The Balaban J connectivity index is 2.09. The Morgan fingerprint density at radius 1 is 1.26 bits per heavy atom. The maximum Gasteiger partial charge on any atom is 0.325 e. The van der Waals surface area contributed by atoms with Crippen molar-refractivity contribution >= 4 is 5.97 Å². The molecule has 1 atom stereocenters. The van der Waals surface area contributed by atoms with E-state index in [1.807, 2.05) is 31.2 Å². The van der Waals surface area contributed by atoms with Crippen LogP contribution in [0.1, 0.15) is 49.3 Å². The summed E-state index contributed by atoms with van der Waals surface area (Å²) in [6.45, 7) is 8.51.